The summed E-state index contributed by atoms with van der Waals surface area (Å²) in [7, 11) is 0. The topological polar surface area (TPSA) is 43.9 Å². The van der Waals surface area contributed by atoms with Crippen molar-refractivity contribution in [2.45, 2.75) is 20.8 Å². The van der Waals surface area contributed by atoms with Gasteiger partial charge in [-0.25, -0.2) is 9.29 Å². The number of hydrogen-bond donors (Lipinski definition) is 0. The molecule has 2 amide bonds. The highest BCUT2D eigenvalue weighted by molar-refractivity contribution is 6.46. The van der Waals surface area contributed by atoms with E-state index in [0.29, 0.717) is 17.8 Å². The average molecular weight is 458 g/mol. The first-order valence-electron chi connectivity index (χ1n) is 11.6. The van der Waals surface area contributed by atoms with Crippen molar-refractivity contribution in [2.75, 3.05) is 34.3 Å². The van der Waals surface area contributed by atoms with Gasteiger partial charge in [-0.3, -0.25) is 9.59 Å². The van der Waals surface area contributed by atoms with E-state index < -0.39 is 17.6 Å². The molecule has 0 N–H and O–H groups in total. The van der Waals surface area contributed by atoms with Gasteiger partial charge in [0.2, 0.25) is 0 Å². The van der Waals surface area contributed by atoms with Gasteiger partial charge in [0.25, 0.3) is 11.8 Å². The van der Waals surface area contributed by atoms with Gasteiger partial charge in [-0.1, -0.05) is 30.3 Å². The van der Waals surface area contributed by atoms with Crippen molar-refractivity contribution in [1.82, 2.24) is 0 Å². The Morgan fingerprint density at radius 3 is 1.88 bits per heavy atom. The van der Waals surface area contributed by atoms with Crippen LogP contribution in [0.25, 0.3) is 5.57 Å². The molecule has 0 radical (unpaired) electrons. The molecule has 0 saturated heterocycles. The Morgan fingerprint density at radius 2 is 1.32 bits per heavy atom. The highest BCUT2D eigenvalue weighted by Gasteiger charge is 2.42. The molecule has 3 aromatic carbocycles. The number of rotatable bonds is 8. The number of para-hydroxylation sites is 1. The van der Waals surface area contributed by atoms with Crippen LogP contribution in [0.4, 0.5) is 21.5 Å². The average Bonchev–Trinajstić information content (AvgIpc) is 3.12. The van der Waals surface area contributed by atoms with Crippen molar-refractivity contribution >= 4 is 34.4 Å². The van der Waals surface area contributed by atoms with Crippen LogP contribution in [0, 0.1) is 5.82 Å². The Bertz CT molecular complexity index is 1200. The van der Waals surface area contributed by atoms with E-state index in [4.69, 9.17) is 0 Å². The molecule has 5 nitrogen and oxygen atoms in total. The van der Waals surface area contributed by atoms with Crippen molar-refractivity contribution < 1.29 is 14.0 Å². The second-order valence-electron chi connectivity index (χ2n) is 7.94. The second-order valence-corrected chi connectivity index (χ2v) is 7.94. The van der Waals surface area contributed by atoms with E-state index in [1.54, 1.807) is 24.3 Å². The van der Waals surface area contributed by atoms with Crippen LogP contribution in [0.2, 0.25) is 0 Å². The molecule has 6 heteroatoms. The van der Waals surface area contributed by atoms with Crippen molar-refractivity contribution in [3.05, 3.63) is 95.9 Å². The molecule has 3 aromatic rings. The third kappa shape index (κ3) is 4.19. The molecule has 0 aromatic heterocycles. The van der Waals surface area contributed by atoms with Crippen molar-refractivity contribution in [1.29, 1.82) is 0 Å². The van der Waals surface area contributed by atoms with E-state index >= 15 is 0 Å². The molecule has 174 valence electrons. The lowest BCUT2D eigenvalue weighted by Crippen LogP contribution is -2.35. The minimum Gasteiger partial charge on any atom is -0.372 e. The zero-order chi connectivity index (χ0) is 24.2. The Kier molecular flexibility index (Phi) is 6.77. The molecule has 0 bridgehead atoms. The van der Waals surface area contributed by atoms with E-state index in [2.05, 4.69) is 18.7 Å². The minimum absolute atomic E-state index is 0.267. The lowest BCUT2D eigenvalue weighted by Gasteiger charge is -2.25. The third-order valence-corrected chi connectivity index (χ3v) is 6.08. The molecule has 0 aliphatic carbocycles. The van der Waals surface area contributed by atoms with Crippen LogP contribution >= 0.6 is 0 Å². The zero-order valence-electron chi connectivity index (χ0n) is 19.7. The number of imide groups is 1. The van der Waals surface area contributed by atoms with Gasteiger partial charge in [0.15, 0.2) is 0 Å². The largest absolute Gasteiger partial charge is 0.372 e. The van der Waals surface area contributed by atoms with E-state index in [9.17, 15) is 14.0 Å². The van der Waals surface area contributed by atoms with Crippen LogP contribution in [0.1, 0.15) is 26.3 Å². The maximum Gasteiger partial charge on any atom is 0.282 e. The molecule has 1 heterocycles. The SMILES string of the molecule is CCN(CC)c1ccc(N2C(=O)C(c3ccc(F)cc3)=C(N(CC)c3ccccc3)C2=O)cc1. The summed E-state index contributed by atoms with van der Waals surface area (Å²) in [5.41, 5.74) is 3.40. The van der Waals surface area contributed by atoms with Crippen molar-refractivity contribution in [3.63, 3.8) is 0 Å². The van der Waals surface area contributed by atoms with Crippen LogP contribution < -0.4 is 14.7 Å². The summed E-state index contributed by atoms with van der Waals surface area (Å²) in [6.07, 6.45) is 0. The summed E-state index contributed by atoms with van der Waals surface area (Å²) in [6.45, 7) is 8.30. The number of carbonyl (C=O) groups is 2. The monoisotopic (exact) mass is 457 g/mol. The van der Waals surface area contributed by atoms with Crippen molar-refractivity contribution in [2.24, 2.45) is 0 Å². The summed E-state index contributed by atoms with van der Waals surface area (Å²) in [4.78, 5) is 32.7. The Labute approximate surface area is 199 Å². The van der Waals surface area contributed by atoms with E-state index in [0.717, 1.165) is 24.5 Å². The van der Waals surface area contributed by atoms with Crippen LogP contribution in [0.5, 0.6) is 0 Å². The molecule has 1 aliphatic heterocycles. The highest BCUT2D eigenvalue weighted by Crippen LogP contribution is 2.37. The van der Waals surface area contributed by atoms with Gasteiger partial charge >= 0.3 is 0 Å². The van der Waals surface area contributed by atoms with Gasteiger partial charge in [-0.05, 0) is 74.9 Å². The summed E-state index contributed by atoms with van der Waals surface area (Å²) < 4.78 is 13.6. The number of halogens is 1. The maximum atomic E-state index is 13.8. The lowest BCUT2D eigenvalue weighted by atomic mass is 10.0. The van der Waals surface area contributed by atoms with Gasteiger partial charge in [0.1, 0.15) is 11.5 Å². The Morgan fingerprint density at radius 1 is 0.706 bits per heavy atom. The lowest BCUT2D eigenvalue weighted by molar-refractivity contribution is -0.120. The van der Waals surface area contributed by atoms with Gasteiger partial charge in [0, 0.05) is 31.0 Å². The number of nitrogens with zero attached hydrogens (tertiary/aromatic N) is 3. The second kappa shape index (κ2) is 9.91. The fourth-order valence-corrected chi connectivity index (χ4v) is 4.36. The molecular formula is C28H28FN3O2. The molecule has 0 unspecified atom stereocenters. The standard InChI is InChI=1S/C28H28FN3O2/c1-4-30(5-2)22-16-18-24(19-17-22)32-27(33)25(20-12-14-21(29)15-13-20)26(28(32)34)31(6-3)23-10-8-7-9-11-23/h7-19H,4-6H2,1-3H3. The molecular weight excluding hydrogens is 429 g/mol. The first-order chi connectivity index (χ1) is 16.5. The third-order valence-electron chi connectivity index (χ3n) is 6.08. The molecule has 34 heavy (non-hydrogen) atoms. The number of likely N-dealkylation sites (N-methyl/N-ethyl adjacent to an activating group) is 1. The predicted octanol–water partition coefficient (Wildman–Crippen LogP) is 5.48. The van der Waals surface area contributed by atoms with Crippen molar-refractivity contribution in [3.8, 4) is 0 Å². The fourth-order valence-electron chi connectivity index (χ4n) is 4.36. The first kappa shape index (κ1) is 23.2. The molecule has 0 spiro atoms. The van der Waals surface area contributed by atoms with E-state index in [1.165, 1.54) is 17.0 Å². The van der Waals surface area contributed by atoms with E-state index in [-0.39, 0.29) is 11.3 Å². The molecule has 0 fully saturated rings. The van der Waals surface area contributed by atoms with Gasteiger partial charge < -0.3 is 9.80 Å². The van der Waals surface area contributed by atoms with Gasteiger partial charge in [-0.2, -0.15) is 0 Å². The number of anilines is 3. The summed E-state index contributed by atoms with van der Waals surface area (Å²) >= 11 is 0. The fraction of sp³-hybridized carbons (Fsp3) is 0.214. The summed E-state index contributed by atoms with van der Waals surface area (Å²) in [6, 6.07) is 22.6. The number of benzene rings is 3. The van der Waals surface area contributed by atoms with Gasteiger partial charge in [-0.15, -0.1) is 0 Å². The zero-order valence-corrected chi connectivity index (χ0v) is 19.7. The quantitative estimate of drug-likeness (QED) is 0.420. The minimum atomic E-state index is -0.420. The molecule has 4 rings (SSSR count). The first-order valence-corrected chi connectivity index (χ1v) is 11.6. The number of carbonyl (C=O) groups excluding carboxylic acids is 2. The maximum absolute atomic E-state index is 13.8. The van der Waals surface area contributed by atoms with Crippen LogP contribution in [0.15, 0.2) is 84.6 Å². The van der Waals surface area contributed by atoms with Crippen LogP contribution in [-0.4, -0.2) is 31.4 Å². The normalized spacial score (nSPS) is 13.6. The number of hydrogen-bond acceptors (Lipinski definition) is 4. The van der Waals surface area contributed by atoms with Crippen LogP contribution in [-0.2, 0) is 9.59 Å². The molecule has 1 aliphatic rings. The molecule has 0 saturated carbocycles. The summed E-state index contributed by atoms with van der Waals surface area (Å²) in [5.74, 6) is -1.22. The highest BCUT2D eigenvalue weighted by atomic mass is 19.1. The number of amides is 2. The Hall–Kier alpha value is -3.93. The summed E-state index contributed by atoms with van der Waals surface area (Å²) in [5, 5.41) is 0. The van der Waals surface area contributed by atoms with Crippen LogP contribution in [0.3, 0.4) is 0 Å². The van der Waals surface area contributed by atoms with E-state index in [1.807, 2.05) is 54.3 Å². The molecule has 0 atom stereocenters. The Balaban J connectivity index is 1.81. The van der Waals surface area contributed by atoms with Gasteiger partial charge in [0.05, 0.1) is 11.3 Å². The predicted molar refractivity (Wildman–Crippen MR) is 135 cm³/mol. The smallest absolute Gasteiger partial charge is 0.282 e.